The van der Waals surface area contributed by atoms with Gasteiger partial charge in [-0.3, -0.25) is 4.90 Å². The van der Waals surface area contributed by atoms with E-state index in [0.29, 0.717) is 17.2 Å². The summed E-state index contributed by atoms with van der Waals surface area (Å²) in [4.78, 5) is 13.2. The van der Waals surface area contributed by atoms with E-state index in [2.05, 4.69) is 16.1 Å². The summed E-state index contributed by atoms with van der Waals surface area (Å²) in [5.74, 6) is -0.150. The van der Waals surface area contributed by atoms with E-state index < -0.39 is 17.5 Å². The Labute approximate surface area is 157 Å². The number of likely N-dealkylation sites (N-methyl/N-ethyl adjacent to an activating group) is 1. The summed E-state index contributed by atoms with van der Waals surface area (Å²) < 4.78 is 5.00. The number of aliphatic hydroxyl groups is 2. The van der Waals surface area contributed by atoms with Gasteiger partial charge >= 0.3 is 11.3 Å². The molecule has 2 atom stereocenters. The fraction of sp³-hybridized carbons (Fsp3) is 0.438. The number of halogens is 1. The van der Waals surface area contributed by atoms with Crippen LogP contribution in [0.4, 0.5) is 5.69 Å². The molecule has 5 N–H and O–H groups in total. The van der Waals surface area contributed by atoms with Crippen LogP contribution < -0.4 is 21.0 Å². The van der Waals surface area contributed by atoms with Gasteiger partial charge in [-0.2, -0.15) is 0 Å². The van der Waals surface area contributed by atoms with Gasteiger partial charge in [-0.1, -0.05) is 6.07 Å². The van der Waals surface area contributed by atoms with E-state index in [0.717, 1.165) is 4.90 Å². The van der Waals surface area contributed by atoms with E-state index in [1.807, 2.05) is 0 Å². The fourth-order valence-corrected chi connectivity index (χ4v) is 3.19. The van der Waals surface area contributed by atoms with Crippen molar-refractivity contribution in [3.05, 3.63) is 41.3 Å². The maximum atomic E-state index is 12.0. The highest BCUT2D eigenvalue weighted by molar-refractivity contribution is 6.24. The molecule has 26 heavy (non-hydrogen) atoms. The lowest BCUT2D eigenvalue weighted by atomic mass is 10.1. The second-order valence-electron chi connectivity index (χ2n) is 5.39. The molecule has 1 aliphatic rings. The van der Waals surface area contributed by atoms with Gasteiger partial charge in [-0.05, 0) is 36.7 Å². The third kappa shape index (κ3) is 3.38. The molecule has 0 bridgehead atoms. The third-order valence-electron chi connectivity index (χ3n) is 3.94. The lowest BCUT2D eigenvalue weighted by Crippen LogP contribution is -2.69. The highest BCUT2D eigenvalue weighted by Gasteiger charge is 2.50. The minimum Gasteiger partial charge on any atom is -0.462 e. The number of nitrogens with zero attached hydrogens (tertiary/aromatic N) is 2. The van der Waals surface area contributed by atoms with E-state index in [1.54, 1.807) is 46.3 Å². The Bertz CT molecular complexity index is 697. The van der Waals surface area contributed by atoms with Gasteiger partial charge in [-0.15, -0.1) is 0 Å². The molecule has 1 aromatic rings. The maximum Gasteiger partial charge on any atom is 0.338 e. The number of ether oxygens (including phenoxy) is 1. The predicted molar refractivity (Wildman–Crippen MR) is 97.7 cm³/mol. The summed E-state index contributed by atoms with van der Waals surface area (Å²) in [6.07, 6.45) is -1.31. The number of benzene rings is 1. The number of carbonyl (C=O) groups excluding carboxylic acids is 1. The number of hydrazine groups is 1. The van der Waals surface area contributed by atoms with Crippen molar-refractivity contribution < 1.29 is 19.7 Å². The molecule has 0 radical (unpaired) electrons. The first kappa shape index (κ1) is 20.1. The van der Waals surface area contributed by atoms with Crippen LogP contribution in [-0.4, -0.2) is 60.5 Å². The highest BCUT2D eigenvalue weighted by atomic mass is 35.5. The molecule has 0 spiro atoms. The average molecular weight is 386 g/mol. The van der Waals surface area contributed by atoms with Crippen LogP contribution in [0.5, 0.6) is 0 Å². The van der Waals surface area contributed by atoms with Crippen LogP contribution in [0.3, 0.4) is 0 Å². The van der Waals surface area contributed by atoms with Gasteiger partial charge in [0.05, 0.1) is 12.2 Å². The van der Waals surface area contributed by atoms with Crippen LogP contribution in [0.15, 0.2) is 35.8 Å². The van der Waals surface area contributed by atoms with Gasteiger partial charge in [0.1, 0.15) is 11.5 Å². The summed E-state index contributed by atoms with van der Waals surface area (Å²) in [5.41, 5.74) is 3.75. The van der Waals surface area contributed by atoms with Crippen LogP contribution >= 0.6 is 11.6 Å². The molecule has 0 fully saturated rings. The topological polar surface area (TPSA) is 109 Å². The monoisotopic (exact) mass is 385 g/mol. The van der Waals surface area contributed by atoms with Crippen LogP contribution in [0, 0.1) is 0 Å². The minimum absolute atomic E-state index is 0.237. The zero-order valence-electron chi connectivity index (χ0n) is 15.1. The molecular weight excluding hydrogens is 362 g/mol. The van der Waals surface area contributed by atoms with Crippen LogP contribution in [0.25, 0.3) is 0 Å². The molecule has 2 unspecified atom stereocenters. The smallest absolute Gasteiger partial charge is 0.338 e. The first-order valence-electron chi connectivity index (χ1n) is 8.06. The van der Waals surface area contributed by atoms with E-state index in [-0.39, 0.29) is 12.2 Å². The molecule has 0 saturated carbocycles. The number of nitrogens with one attached hydrogen (secondary N) is 3. The molecule has 2 rings (SSSR count). The number of alkyl halides is 1. The van der Waals surface area contributed by atoms with Gasteiger partial charge in [-0.25, -0.2) is 15.2 Å². The minimum atomic E-state index is -2.17. The molecule has 0 aliphatic carbocycles. The van der Waals surface area contributed by atoms with E-state index in [9.17, 15) is 15.0 Å². The largest absolute Gasteiger partial charge is 0.462 e. The van der Waals surface area contributed by atoms with Gasteiger partial charge < -0.3 is 25.6 Å². The zero-order chi connectivity index (χ0) is 19.5. The summed E-state index contributed by atoms with van der Waals surface area (Å²) in [5, 5.41) is 26.6. The molecule has 1 aliphatic heterocycles. The van der Waals surface area contributed by atoms with E-state index >= 15 is 0 Å². The van der Waals surface area contributed by atoms with Crippen molar-refractivity contribution in [1.29, 1.82) is 0 Å². The highest BCUT2D eigenvalue weighted by Crippen LogP contribution is 2.37. The fourth-order valence-electron chi connectivity index (χ4n) is 2.83. The van der Waals surface area contributed by atoms with E-state index in [1.165, 1.54) is 11.1 Å². The van der Waals surface area contributed by atoms with Crippen molar-refractivity contribution in [3.8, 4) is 0 Å². The molecule has 0 aromatic heterocycles. The van der Waals surface area contributed by atoms with E-state index in [4.69, 9.17) is 16.3 Å². The first-order valence-corrected chi connectivity index (χ1v) is 8.44. The van der Waals surface area contributed by atoms with Crippen molar-refractivity contribution in [2.24, 2.45) is 0 Å². The summed E-state index contributed by atoms with van der Waals surface area (Å²) in [6, 6.07) is 6.29. The Balaban J connectivity index is 2.56. The molecule has 1 aromatic carbocycles. The second kappa shape index (κ2) is 8.00. The molecular formula is C16H24ClN5O4. The van der Waals surface area contributed by atoms with Crippen LogP contribution in [0.1, 0.15) is 17.3 Å². The number of hydrogen-bond acceptors (Lipinski definition) is 9. The lowest BCUT2D eigenvalue weighted by Gasteiger charge is -2.50. The second-order valence-corrected chi connectivity index (χ2v) is 5.90. The number of esters is 1. The van der Waals surface area contributed by atoms with Gasteiger partial charge in [0.25, 0.3) is 0 Å². The normalized spacial score (nSPS) is 23.1. The molecule has 9 nitrogen and oxygen atoms in total. The number of rotatable bonds is 6. The molecule has 10 heteroatoms. The Hall–Kier alpha value is -2.20. The van der Waals surface area contributed by atoms with Crippen molar-refractivity contribution in [3.63, 3.8) is 0 Å². The zero-order valence-corrected chi connectivity index (χ0v) is 15.8. The van der Waals surface area contributed by atoms with Gasteiger partial charge in [0, 0.05) is 26.8 Å². The van der Waals surface area contributed by atoms with Gasteiger partial charge in [0.15, 0.2) is 6.23 Å². The van der Waals surface area contributed by atoms with Crippen molar-refractivity contribution in [2.75, 3.05) is 32.6 Å². The summed E-state index contributed by atoms with van der Waals surface area (Å²) in [6.45, 7) is 1.95. The third-order valence-corrected chi connectivity index (χ3v) is 4.29. The SMILES string of the molecule is CCOC(=O)c1cccc(N2C(O)C(NC)=C(NC)N(NC)C2(O)Cl)c1. The number of carbonyl (C=O) groups is 1. The summed E-state index contributed by atoms with van der Waals surface area (Å²) >= 11 is 6.39. The molecule has 144 valence electrons. The average Bonchev–Trinajstić information content (AvgIpc) is 2.61. The first-order chi connectivity index (χ1) is 12.3. The Morgan fingerprint density at radius 3 is 2.58 bits per heavy atom. The lowest BCUT2D eigenvalue weighted by molar-refractivity contribution is -0.0810. The van der Waals surface area contributed by atoms with Crippen LogP contribution in [0.2, 0.25) is 0 Å². The van der Waals surface area contributed by atoms with Crippen LogP contribution in [-0.2, 0) is 4.74 Å². The summed E-state index contributed by atoms with van der Waals surface area (Å²) in [7, 11) is 4.84. The Morgan fingerprint density at radius 2 is 2.04 bits per heavy atom. The number of aliphatic hydroxyl groups excluding tert-OH is 1. The number of hydrogen-bond donors (Lipinski definition) is 5. The molecule has 0 amide bonds. The molecule has 0 saturated heterocycles. The van der Waals surface area contributed by atoms with Gasteiger partial charge in [0.2, 0.25) is 0 Å². The quantitative estimate of drug-likeness (QED) is 0.260. The van der Waals surface area contributed by atoms with Crippen molar-refractivity contribution in [2.45, 2.75) is 18.5 Å². The Kier molecular flexibility index (Phi) is 6.19. The predicted octanol–water partition coefficient (Wildman–Crippen LogP) is -0.112. The Morgan fingerprint density at radius 1 is 1.35 bits per heavy atom. The number of anilines is 1. The molecule has 1 heterocycles. The van der Waals surface area contributed by atoms with Crippen molar-refractivity contribution in [1.82, 2.24) is 21.1 Å². The standard InChI is InChI=1S/C16H24ClN5O4/c1-5-26-15(24)10-7-6-8-11(9-10)21-14(23)12(18-2)13(19-3)22(20-4)16(21,17)25/h6-9,14,18-20,23,25H,5H2,1-4H3. The maximum absolute atomic E-state index is 12.0. The van der Waals surface area contributed by atoms with Crippen molar-refractivity contribution >= 4 is 23.3 Å².